The number of methoxy groups -OCH3 is 1. The Morgan fingerprint density at radius 1 is 1.44 bits per heavy atom. The Morgan fingerprint density at radius 2 is 2.22 bits per heavy atom. The summed E-state index contributed by atoms with van der Waals surface area (Å²) in [5.41, 5.74) is 0.852. The van der Waals surface area contributed by atoms with Gasteiger partial charge in [0, 0.05) is 0 Å². The number of nitrogens with one attached hydrogen (secondary N) is 1. The molecule has 18 heavy (non-hydrogen) atoms. The van der Waals surface area contributed by atoms with E-state index in [1.807, 2.05) is 0 Å². The van der Waals surface area contributed by atoms with Gasteiger partial charge in [0.1, 0.15) is 16.9 Å². The summed E-state index contributed by atoms with van der Waals surface area (Å²) < 4.78 is 9.68. The normalized spacial score (nSPS) is 10.1. The van der Waals surface area contributed by atoms with Crippen molar-refractivity contribution in [1.82, 2.24) is 0 Å². The lowest BCUT2D eigenvalue weighted by molar-refractivity contribution is 0.0607. The predicted molar refractivity (Wildman–Crippen MR) is 67.1 cm³/mol. The van der Waals surface area contributed by atoms with Crippen LogP contribution in [0.5, 0.6) is 0 Å². The number of hydrogen-bond donors (Lipinski definition) is 1. The molecule has 0 aliphatic carbocycles. The van der Waals surface area contributed by atoms with Gasteiger partial charge in [-0.25, -0.2) is 4.79 Å². The van der Waals surface area contributed by atoms with Crippen molar-refractivity contribution in [1.29, 1.82) is 0 Å². The summed E-state index contributed by atoms with van der Waals surface area (Å²) in [6.07, 6.45) is 1.37. The first-order valence-electron chi connectivity index (χ1n) is 5.14. The fourth-order valence-electron chi connectivity index (χ4n) is 1.42. The summed E-state index contributed by atoms with van der Waals surface area (Å²) in [7, 11) is 1.30. The lowest BCUT2D eigenvalue weighted by Crippen LogP contribution is -2.13. The molecule has 0 fully saturated rings. The first-order valence-corrected chi connectivity index (χ1v) is 6.02. The molecule has 0 atom stereocenters. The molecule has 94 valence electrons. The zero-order valence-electron chi connectivity index (χ0n) is 9.85. The van der Waals surface area contributed by atoms with Crippen molar-refractivity contribution in [2.24, 2.45) is 0 Å². The summed E-state index contributed by atoms with van der Waals surface area (Å²) in [6, 6.07) is 3.28. The number of carbonyl (C=O) groups excluding carboxylic acids is 2. The van der Waals surface area contributed by atoms with Crippen molar-refractivity contribution in [2.75, 3.05) is 12.4 Å². The van der Waals surface area contributed by atoms with Crippen LogP contribution in [-0.2, 0) is 4.74 Å². The smallest absolute Gasteiger partial charge is 0.350 e. The van der Waals surface area contributed by atoms with E-state index >= 15 is 0 Å². The first kappa shape index (κ1) is 12.4. The molecule has 0 aliphatic rings. The van der Waals surface area contributed by atoms with Crippen LogP contribution in [0.1, 0.15) is 25.8 Å². The molecule has 0 saturated heterocycles. The molecular formula is C12H11NO4S. The lowest BCUT2D eigenvalue weighted by Gasteiger charge is -2.03. The molecule has 2 aromatic rings. The molecule has 2 aromatic heterocycles. The quantitative estimate of drug-likeness (QED) is 0.866. The fraction of sp³-hybridized carbons (Fsp3) is 0.167. The molecular weight excluding hydrogens is 254 g/mol. The largest absolute Gasteiger partial charge is 0.469 e. The number of amides is 1. The molecule has 5 nitrogen and oxygen atoms in total. The van der Waals surface area contributed by atoms with Gasteiger partial charge < -0.3 is 14.5 Å². The average Bonchev–Trinajstić information content (AvgIpc) is 2.97. The number of aryl methyl sites for hydroxylation is 1. The molecule has 0 bridgehead atoms. The van der Waals surface area contributed by atoms with Crippen molar-refractivity contribution >= 4 is 28.9 Å². The minimum absolute atomic E-state index is 0.324. The molecule has 6 heteroatoms. The lowest BCUT2D eigenvalue weighted by atomic mass is 10.3. The molecule has 0 aromatic carbocycles. The summed E-state index contributed by atoms with van der Waals surface area (Å²) in [5.74, 6) is -0.141. The number of thiophene rings is 1. The van der Waals surface area contributed by atoms with Crippen molar-refractivity contribution in [3.8, 4) is 0 Å². The maximum absolute atomic E-state index is 11.9. The second-order valence-electron chi connectivity index (χ2n) is 3.56. The van der Waals surface area contributed by atoms with Crippen LogP contribution in [0.25, 0.3) is 0 Å². The fourth-order valence-corrected chi connectivity index (χ4v) is 2.18. The number of carbonyl (C=O) groups is 2. The summed E-state index contributed by atoms with van der Waals surface area (Å²) >= 11 is 1.21. The molecule has 2 rings (SSSR count). The van der Waals surface area contributed by atoms with Crippen LogP contribution in [0.4, 0.5) is 5.69 Å². The number of furan rings is 1. The Balaban J connectivity index is 2.17. The Hall–Kier alpha value is -2.08. The van der Waals surface area contributed by atoms with E-state index in [0.717, 1.165) is 0 Å². The first-order chi connectivity index (χ1) is 8.61. The Kier molecular flexibility index (Phi) is 3.47. The van der Waals surface area contributed by atoms with Gasteiger partial charge in [-0.1, -0.05) is 0 Å². The van der Waals surface area contributed by atoms with Crippen molar-refractivity contribution in [3.63, 3.8) is 0 Å². The summed E-state index contributed by atoms with van der Waals surface area (Å²) in [5, 5.41) is 4.36. The molecule has 0 radical (unpaired) electrons. The highest BCUT2D eigenvalue weighted by molar-refractivity contribution is 7.12. The van der Waals surface area contributed by atoms with E-state index in [1.54, 1.807) is 24.4 Å². The number of rotatable bonds is 3. The van der Waals surface area contributed by atoms with E-state index in [9.17, 15) is 9.59 Å². The zero-order chi connectivity index (χ0) is 13.1. The van der Waals surface area contributed by atoms with Gasteiger partial charge in [-0.3, -0.25) is 4.79 Å². The SMILES string of the molecule is COC(=O)c1sccc1NC(=O)c1coc(C)c1. The second-order valence-corrected chi connectivity index (χ2v) is 4.47. The third-order valence-electron chi connectivity index (χ3n) is 2.28. The van der Waals surface area contributed by atoms with E-state index in [2.05, 4.69) is 10.1 Å². The van der Waals surface area contributed by atoms with Crippen LogP contribution in [0.3, 0.4) is 0 Å². The van der Waals surface area contributed by atoms with Gasteiger partial charge in [-0.15, -0.1) is 11.3 Å². The number of esters is 1. The van der Waals surface area contributed by atoms with Crippen LogP contribution >= 0.6 is 11.3 Å². The van der Waals surface area contributed by atoms with Gasteiger partial charge in [-0.05, 0) is 24.4 Å². The van der Waals surface area contributed by atoms with E-state index < -0.39 is 5.97 Å². The average molecular weight is 265 g/mol. The number of ether oxygens (including phenoxy) is 1. The highest BCUT2D eigenvalue weighted by Crippen LogP contribution is 2.23. The van der Waals surface area contributed by atoms with Crippen LogP contribution in [-0.4, -0.2) is 19.0 Å². The van der Waals surface area contributed by atoms with Crippen LogP contribution in [0.15, 0.2) is 28.2 Å². The zero-order valence-corrected chi connectivity index (χ0v) is 10.7. The summed E-state index contributed by atoms with van der Waals surface area (Å²) in [4.78, 5) is 23.7. The van der Waals surface area contributed by atoms with Crippen molar-refractivity contribution in [3.05, 3.63) is 40.0 Å². The highest BCUT2D eigenvalue weighted by atomic mass is 32.1. The Morgan fingerprint density at radius 3 is 2.83 bits per heavy atom. The van der Waals surface area contributed by atoms with Gasteiger partial charge in [0.05, 0.1) is 18.4 Å². The van der Waals surface area contributed by atoms with Crippen LogP contribution < -0.4 is 5.32 Å². The summed E-state index contributed by atoms with van der Waals surface area (Å²) in [6.45, 7) is 1.75. The number of anilines is 1. The van der Waals surface area contributed by atoms with E-state index in [0.29, 0.717) is 21.9 Å². The van der Waals surface area contributed by atoms with Gasteiger partial charge in [0.25, 0.3) is 5.91 Å². The molecule has 1 N–H and O–H groups in total. The predicted octanol–water partition coefficient (Wildman–Crippen LogP) is 2.69. The standard InChI is InChI=1S/C12H11NO4S/c1-7-5-8(6-17-7)11(14)13-9-3-4-18-10(9)12(15)16-2/h3-6H,1-2H3,(H,13,14). The van der Waals surface area contributed by atoms with E-state index in [4.69, 9.17) is 4.42 Å². The van der Waals surface area contributed by atoms with Crippen LogP contribution in [0, 0.1) is 6.92 Å². The minimum atomic E-state index is -0.469. The molecule has 0 aliphatic heterocycles. The molecule has 2 heterocycles. The van der Waals surface area contributed by atoms with Gasteiger partial charge in [-0.2, -0.15) is 0 Å². The Bertz CT molecular complexity index is 584. The van der Waals surface area contributed by atoms with Gasteiger partial charge >= 0.3 is 5.97 Å². The topological polar surface area (TPSA) is 68.5 Å². The highest BCUT2D eigenvalue weighted by Gasteiger charge is 2.17. The van der Waals surface area contributed by atoms with E-state index in [1.165, 1.54) is 24.7 Å². The minimum Gasteiger partial charge on any atom is -0.469 e. The molecule has 0 unspecified atom stereocenters. The molecule has 1 amide bonds. The third-order valence-corrected chi connectivity index (χ3v) is 3.17. The maximum atomic E-state index is 11.9. The van der Waals surface area contributed by atoms with E-state index in [-0.39, 0.29) is 5.91 Å². The van der Waals surface area contributed by atoms with Crippen molar-refractivity contribution < 1.29 is 18.7 Å². The molecule has 0 spiro atoms. The maximum Gasteiger partial charge on any atom is 0.350 e. The van der Waals surface area contributed by atoms with Gasteiger partial charge in [0.2, 0.25) is 0 Å². The molecule has 0 saturated carbocycles. The second kappa shape index (κ2) is 5.05. The van der Waals surface area contributed by atoms with Gasteiger partial charge in [0.15, 0.2) is 0 Å². The Labute approximate surface area is 107 Å². The monoisotopic (exact) mass is 265 g/mol. The third kappa shape index (κ3) is 2.43. The van der Waals surface area contributed by atoms with Crippen LogP contribution in [0.2, 0.25) is 0 Å². The van der Waals surface area contributed by atoms with Crippen molar-refractivity contribution in [2.45, 2.75) is 6.92 Å². The number of hydrogen-bond acceptors (Lipinski definition) is 5.